The summed E-state index contributed by atoms with van der Waals surface area (Å²) in [5.74, 6) is 1.73. The molecule has 19 heavy (non-hydrogen) atoms. The molecule has 2 heteroatoms. The summed E-state index contributed by atoms with van der Waals surface area (Å²) in [7, 11) is 0. The van der Waals surface area contributed by atoms with Crippen molar-refractivity contribution in [1.29, 1.82) is 0 Å². The van der Waals surface area contributed by atoms with Crippen LogP contribution < -0.4 is 0 Å². The van der Waals surface area contributed by atoms with Crippen LogP contribution in [0.2, 0.25) is 0 Å². The van der Waals surface area contributed by atoms with E-state index in [-0.39, 0.29) is 5.91 Å². The molecule has 0 bridgehead atoms. The summed E-state index contributed by atoms with van der Waals surface area (Å²) in [5.41, 5.74) is 3.09. The fourth-order valence-electron chi connectivity index (χ4n) is 3.08. The van der Waals surface area contributed by atoms with Gasteiger partial charge in [-0.05, 0) is 49.7 Å². The molecule has 0 N–H and O–H groups in total. The lowest BCUT2D eigenvalue weighted by Gasteiger charge is -2.34. The van der Waals surface area contributed by atoms with Crippen LogP contribution in [0.15, 0.2) is 18.2 Å². The van der Waals surface area contributed by atoms with E-state index in [0.717, 1.165) is 54.5 Å². The SMILES string of the molecule is Cc1cccc(C)c1C(=O)N1CCC(C(C)C)CC1. The lowest BCUT2D eigenvalue weighted by molar-refractivity contribution is 0.0666. The van der Waals surface area contributed by atoms with Crippen LogP contribution in [0, 0.1) is 25.7 Å². The van der Waals surface area contributed by atoms with Gasteiger partial charge >= 0.3 is 0 Å². The predicted octanol–water partition coefficient (Wildman–Crippen LogP) is 3.81. The van der Waals surface area contributed by atoms with Crippen LogP contribution in [-0.4, -0.2) is 23.9 Å². The molecule has 1 aliphatic rings. The van der Waals surface area contributed by atoms with Gasteiger partial charge in [0, 0.05) is 18.7 Å². The van der Waals surface area contributed by atoms with E-state index in [1.54, 1.807) is 0 Å². The van der Waals surface area contributed by atoms with Crippen molar-refractivity contribution in [1.82, 2.24) is 4.90 Å². The zero-order valence-corrected chi connectivity index (χ0v) is 12.6. The van der Waals surface area contributed by atoms with Gasteiger partial charge in [-0.25, -0.2) is 0 Å². The number of amides is 1. The third-order valence-corrected chi connectivity index (χ3v) is 4.46. The predicted molar refractivity (Wildman–Crippen MR) is 79.4 cm³/mol. The van der Waals surface area contributed by atoms with E-state index in [1.165, 1.54) is 0 Å². The summed E-state index contributed by atoms with van der Waals surface area (Å²) in [6.45, 7) is 10.5. The van der Waals surface area contributed by atoms with Crippen molar-refractivity contribution >= 4 is 5.91 Å². The Labute approximate surface area is 116 Å². The van der Waals surface area contributed by atoms with Crippen molar-refractivity contribution in [2.75, 3.05) is 13.1 Å². The maximum absolute atomic E-state index is 12.6. The minimum Gasteiger partial charge on any atom is -0.339 e. The molecule has 1 amide bonds. The molecular formula is C17H25NO. The van der Waals surface area contributed by atoms with Gasteiger partial charge in [-0.1, -0.05) is 32.0 Å². The fourth-order valence-corrected chi connectivity index (χ4v) is 3.08. The zero-order valence-electron chi connectivity index (χ0n) is 12.6. The summed E-state index contributed by atoms with van der Waals surface area (Å²) >= 11 is 0. The number of benzene rings is 1. The summed E-state index contributed by atoms with van der Waals surface area (Å²) in [4.78, 5) is 14.7. The Morgan fingerprint density at radius 3 is 2.16 bits per heavy atom. The average molecular weight is 259 g/mol. The third kappa shape index (κ3) is 2.99. The van der Waals surface area contributed by atoms with Gasteiger partial charge in [-0.3, -0.25) is 4.79 Å². The molecule has 1 aromatic carbocycles. The van der Waals surface area contributed by atoms with Crippen molar-refractivity contribution in [2.45, 2.75) is 40.5 Å². The summed E-state index contributed by atoms with van der Waals surface area (Å²) in [6, 6.07) is 6.08. The van der Waals surface area contributed by atoms with Crippen molar-refractivity contribution < 1.29 is 4.79 Å². The van der Waals surface area contributed by atoms with Gasteiger partial charge in [-0.2, -0.15) is 0 Å². The first kappa shape index (κ1) is 14.1. The molecule has 1 heterocycles. The number of likely N-dealkylation sites (tertiary alicyclic amines) is 1. The Balaban J connectivity index is 2.10. The van der Waals surface area contributed by atoms with Crippen LogP contribution in [0.1, 0.15) is 48.2 Å². The number of nitrogens with zero attached hydrogens (tertiary/aromatic N) is 1. The largest absolute Gasteiger partial charge is 0.339 e. The maximum atomic E-state index is 12.6. The zero-order chi connectivity index (χ0) is 14.0. The molecule has 0 radical (unpaired) electrons. The minimum absolute atomic E-state index is 0.220. The second-order valence-electron chi connectivity index (χ2n) is 6.14. The molecule has 0 unspecified atom stereocenters. The number of rotatable bonds is 2. The van der Waals surface area contributed by atoms with E-state index in [0.29, 0.717) is 0 Å². The highest BCUT2D eigenvalue weighted by Crippen LogP contribution is 2.26. The van der Waals surface area contributed by atoms with Crippen molar-refractivity contribution in [3.8, 4) is 0 Å². The standard InChI is InChI=1S/C17H25NO/c1-12(2)15-8-10-18(11-9-15)17(19)16-13(3)6-5-7-14(16)4/h5-7,12,15H,8-11H2,1-4H3. The van der Waals surface area contributed by atoms with Crippen LogP contribution >= 0.6 is 0 Å². The molecule has 1 fully saturated rings. The Morgan fingerprint density at radius 2 is 1.68 bits per heavy atom. The van der Waals surface area contributed by atoms with Gasteiger partial charge in [-0.15, -0.1) is 0 Å². The molecule has 2 rings (SSSR count). The molecule has 1 aliphatic heterocycles. The topological polar surface area (TPSA) is 20.3 Å². The first-order chi connectivity index (χ1) is 9.00. The first-order valence-corrected chi connectivity index (χ1v) is 7.36. The number of piperidine rings is 1. The molecule has 0 spiro atoms. The van der Waals surface area contributed by atoms with Crippen LogP contribution in [0.4, 0.5) is 0 Å². The molecular weight excluding hydrogens is 234 g/mol. The molecule has 1 saturated heterocycles. The van der Waals surface area contributed by atoms with Crippen molar-refractivity contribution in [2.24, 2.45) is 11.8 Å². The second kappa shape index (κ2) is 5.77. The van der Waals surface area contributed by atoms with Gasteiger partial charge in [0.1, 0.15) is 0 Å². The van der Waals surface area contributed by atoms with Gasteiger partial charge in [0.25, 0.3) is 5.91 Å². The normalized spacial score (nSPS) is 17.0. The van der Waals surface area contributed by atoms with Crippen LogP contribution in [0.25, 0.3) is 0 Å². The van der Waals surface area contributed by atoms with E-state index >= 15 is 0 Å². The summed E-state index contributed by atoms with van der Waals surface area (Å²) in [6.07, 6.45) is 2.29. The van der Waals surface area contributed by atoms with Crippen molar-refractivity contribution in [3.63, 3.8) is 0 Å². The lowest BCUT2D eigenvalue weighted by Crippen LogP contribution is -2.40. The molecule has 0 atom stereocenters. The quantitative estimate of drug-likeness (QED) is 0.791. The van der Waals surface area contributed by atoms with E-state index in [9.17, 15) is 4.79 Å². The summed E-state index contributed by atoms with van der Waals surface area (Å²) < 4.78 is 0. The second-order valence-corrected chi connectivity index (χ2v) is 6.14. The molecule has 104 valence electrons. The molecule has 2 nitrogen and oxygen atoms in total. The Hall–Kier alpha value is -1.31. The molecule has 0 saturated carbocycles. The monoisotopic (exact) mass is 259 g/mol. The van der Waals surface area contributed by atoms with Crippen LogP contribution in [0.3, 0.4) is 0 Å². The fraction of sp³-hybridized carbons (Fsp3) is 0.588. The van der Waals surface area contributed by atoms with Crippen LogP contribution in [0.5, 0.6) is 0 Å². The number of carbonyl (C=O) groups excluding carboxylic acids is 1. The summed E-state index contributed by atoms with van der Waals surface area (Å²) in [5, 5.41) is 0. The van der Waals surface area contributed by atoms with Gasteiger partial charge in [0.15, 0.2) is 0 Å². The van der Waals surface area contributed by atoms with Gasteiger partial charge in [0.2, 0.25) is 0 Å². The molecule has 1 aromatic rings. The Kier molecular flexibility index (Phi) is 4.28. The lowest BCUT2D eigenvalue weighted by atomic mass is 9.86. The highest BCUT2D eigenvalue weighted by molar-refractivity contribution is 5.97. The molecule has 0 aromatic heterocycles. The first-order valence-electron chi connectivity index (χ1n) is 7.36. The molecule has 0 aliphatic carbocycles. The minimum atomic E-state index is 0.220. The third-order valence-electron chi connectivity index (χ3n) is 4.46. The highest BCUT2D eigenvalue weighted by atomic mass is 16.2. The Morgan fingerprint density at radius 1 is 1.16 bits per heavy atom. The number of carbonyl (C=O) groups is 1. The smallest absolute Gasteiger partial charge is 0.254 e. The Bertz CT molecular complexity index is 436. The van der Waals surface area contributed by atoms with E-state index in [1.807, 2.05) is 36.9 Å². The average Bonchev–Trinajstić information content (AvgIpc) is 2.38. The number of hydrogen-bond acceptors (Lipinski definition) is 1. The number of aryl methyl sites for hydroxylation is 2. The van der Waals surface area contributed by atoms with Gasteiger partial charge < -0.3 is 4.90 Å². The van der Waals surface area contributed by atoms with Gasteiger partial charge in [0.05, 0.1) is 0 Å². The van der Waals surface area contributed by atoms with Crippen molar-refractivity contribution in [3.05, 3.63) is 34.9 Å². The van der Waals surface area contributed by atoms with Crippen LogP contribution in [-0.2, 0) is 0 Å². The van der Waals surface area contributed by atoms with E-state index in [4.69, 9.17) is 0 Å². The van der Waals surface area contributed by atoms with E-state index < -0.39 is 0 Å². The van der Waals surface area contributed by atoms with E-state index in [2.05, 4.69) is 13.8 Å². The number of hydrogen-bond donors (Lipinski definition) is 0. The maximum Gasteiger partial charge on any atom is 0.254 e. The highest BCUT2D eigenvalue weighted by Gasteiger charge is 2.26.